The minimum atomic E-state index is 0.621. The van der Waals surface area contributed by atoms with Gasteiger partial charge < -0.3 is 10.2 Å². The zero-order chi connectivity index (χ0) is 12.4. The maximum Gasteiger partial charge on any atom is 0.0471 e. The average molecular weight is 253 g/mol. The van der Waals surface area contributed by atoms with Crippen molar-refractivity contribution in [1.29, 1.82) is 0 Å². The van der Waals surface area contributed by atoms with E-state index in [0.29, 0.717) is 6.04 Å². The molecule has 1 aromatic rings. The fraction of sp³-hybridized carbons (Fsp3) is 0.571. The van der Waals surface area contributed by atoms with Gasteiger partial charge in [-0.25, -0.2) is 0 Å². The Morgan fingerprint density at radius 3 is 2.71 bits per heavy atom. The lowest BCUT2D eigenvalue weighted by atomic mass is 10.1. The molecular weight excluding hydrogens is 232 g/mol. The van der Waals surface area contributed by atoms with Crippen LogP contribution in [0.1, 0.15) is 25.8 Å². The van der Waals surface area contributed by atoms with Crippen LogP contribution in [0.5, 0.6) is 0 Å². The van der Waals surface area contributed by atoms with Crippen LogP contribution in [-0.2, 0) is 6.54 Å². The van der Waals surface area contributed by atoms with Crippen molar-refractivity contribution in [3.63, 3.8) is 0 Å². The van der Waals surface area contributed by atoms with Gasteiger partial charge in [-0.15, -0.1) is 0 Å². The summed E-state index contributed by atoms with van der Waals surface area (Å²) in [6, 6.07) is 7.04. The Hall–Kier alpha value is -0.730. The van der Waals surface area contributed by atoms with Crippen molar-refractivity contribution < 1.29 is 0 Å². The highest BCUT2D eigenvalue weighted by atomic mass is 35.5. The van der Waals surface area contributed by atoms with E-state index in [9.17, 15) is 0 Å². The monoisotopic (exact) mass is 252 g/mol. The molecule has 2 atom stereocenters. The molecule has 1 N–H and O–H groups in total. The molecule has 0 amide bonds. The van der Waals surface area contributed by atoms with Crippen LogP contribution in [0.4, 0.5) is 5.69 Å². The highest BCUT2D eigenvalue weighted by Crippen LogP contribution is 2.31. The SMILES string of the molecule is CNCc1ccc(N2CC(C)CC2C)cc1Cl. The normalized spacial score (nSPS) is 24.4. The third-order valence-corrected chi connectivity index (χ3v) is 3.87. The highest BCUT2D eigenvalue weighted by Gasteiger charge is 2.26. The second-order valence-corrected chi connectivity index (χ2v) is 5.56. The quantitative estimate of drug-likeness (QED) is 0.888. The number of hydrogen-bond donors (Lipinski definition) is 1. The first-order chi connectivity index (χ1) is 8.11. The Bertz CT molecular complexity index is 392. The fourth-order valence-corrected chi connectivity index (χ4v) is 2.95. The number of nitrogens with zero attached hydrogens (tertiary/aromatic N) is 1. The van der Waals surface area contributed by atoms with Crippen LogP contribution in [0.2, 0.25) is 5.02 Å². The van der Waals surface area contributed by atoms with E-state index >= 15 is 0 Å². The van der Waals surface area contributed by atoms with Gasteiger partial charge in [-0.3, -0.25) is 0 Å². The van der Waals surface area contributed by atoms with Crippen LogP contribution < -0.4 is 10.2 Å². The first kappa shape index (κ1) is 12.7. The van der Waals surface area contributed by atoms with Crippen molar-refractivity contribution >= 4 is 17.3 Å². The lowest BCUT2D eigenvalue weighted by Crippen LogP contribution is -2.26. The van der Waals surface area contributed by atoms with Crippen LogP contribution in [0.25, 0.3) is 0 Å². The van der Waals surface area contributed by atoms with Crippen LogP contribution in [0.15, 0.2) is 18.2 Å². The molecule has 0 aromatic heterocycles. The van der Waals surface area contributed by atoms with E-state index in [1.165, 1.54) is 12.1 Å². The Kier molecular flexibility index (Phi) is 3.95. The summed E-state index contributed by atoms with van der Waals surface area (Å²) in [6.45, 7) is 6.57. The first-order valence-corrected chi connectivity index (χ1v) is 6.69. The van der Waals surface area contributed by atoms with E-state index in [2.05, 4.69) is 42.3 Å². The lowest BCUT2D eigenvalue weighted by Gasteiger charge is -2.24. The molecule has 1 fully saturated rings. The maximum atomic E-state index is 6.30. The van der Waals surface area contributed by atoms with Crippen LogP contribution in [-0.4, -0.2) is 19.6 Å². The van der Waals surface area contributed by atoms with E-state index in [1.807, 2.05) is 7.05 Å². The lowest BCUT2D eigenvalue weighted by molar-refractivity contribution is 0.625. The minimum absolute atomic E-state index is 0.621. The number of anilines is 1. The van der Waals surface area contributed by atoms with E-state index in [0.717, 1.165) is 29.6 Å². The van der Waals surface area contributed by atoms with Crippen molar-refractivity contribution in [3.05, 3.63) is 28.8 Å². The highest BCUT2D eigenvalue weighted by molar-refractivity contribution is 6.31. The molecule has 0 saturated carbocycles. The van der Waals surface area contributed by atoms with Gasteiger partial charge in [-0.05, 0) is 44.0 Å². The van der Waals surface area contributed by atoms with Gasteiger partial charge in [0.2, 0.25) is 0 Å². The largest absolute Gasteiger partial charge is 0.369 e. The Balaban J connectivity index is 2.20. The maximum absolute atomic E-state index is 6.30. The number of benzene rings is 1. The van der Waals surface area contributed by atoms with E-state index in [1.54, 1.807) is 0 Å². The summed E-state index contributed by atoms with van der Waals surface area (Å²) < 4.78 is 0. The Labute approximate surface area is 109 Å². The molecule has 1 heterocycles. The molecule has 17 heavy (non-hydrogen) atoms. The molecule has 1 aliphatic heterocycles. The molecule has 3 heteroatoms. The van der Waals surface area contributed by atoms with Crippen LogP contribution in [0.3, 0.4) is 0 Å². The van der Waals surface area contributed by atoms with E-state index in [4.69, 9.17) is 11.6 Å². The fourth-order valence-electron chi connectivity index (χ4n) is 2.71. The van der Waals surface area contributed by atoms with Gasteiger partial charge in [0.25, 0.3) is 0 Å². The van der Waals surface area contributed by atoms with E-state index in [-0.39, 0.29) is 0 Å². The zero-order valence-corrected chi connectivity index (χ0v) is 11.6. The predicted octanol–water partition coefficient (Wildman–Crippen LogP) is 3.29. The first-order valence-electron chi connectivity index (χ1n) is 6.31. The van der Waals surface area contributed by atoms with Gasteiger partial charge in [-0.1, -0.05) is 24.6 Å². The predicted molar refractivity (Wildman–Crippen MR) is 74.8 cm³/mol. The molecule has 1 aliphatic rings. The van der Waals surface area contributed by atoms with Gasteiger partial charge in [0.1, 0.15) is 0 Å². The molecule has 0 bridgehead atoms. The number of nitrogens with one attached hydrogen (secondary N) is 1. The van der Waals surface area contributed by atoms with Crippen molar-refractivity contribution in [2.75, 3.05) is 18.5 Å². The molecular formula is C14H21ClN2. The zero-order valence-electron chi connectivity index (χ0n) is 10.8. The minimum Gasteiger partial charge on any atom is -0.369 e. The molecule has 2 unspecified atom stereocenters. The molecule has 1 aromatic carbocycles. The molecule has 0 radical (unpaired) electrons. The molecule has 94 valence electrons. The van der Waals surface area contributed by atoms with Gasteiger partial charge in [0, 0.05) is 29.8 Å². The second-order valence-electron chi connectivity index (χ2n) is 5.15. The van der Waals surface area contributed by atoms with Gasteiger partial charge in [0.05, 0.1) is 0 Å². The molecule has 0 spiro atoms. The third kappa shape index (κ3) is 2.75. The summed E-state index contributed by atoms with van der Waals surface area (Å²) in [4.78, 5) is 2.46. The molecule has 0 aliphatic carbocycles. The Morgan fingerprint density at radius 1 is 1.41 bits per heavy atom. The third-order valence-electron chi connectivity index (χ3n) is 3.52. The number of halogens is 1. The van der Waals surface area contributed by atoms with Gasteiger partial charge in [-0.2, -0.15) is 0 Å². The van der Waals surface area contributed by atoms with Gasteiger partial charge >= 0.3 is 0 Å². The average Bonchev–Trinajstić information content (AvgIpc) is 2.61. The molecule has 2 rings (SSSR count). The van der Waals surface area contributed by atoms with Crippen molar-refractivity contribution in [2.45, 2.75) is 32.9 Å². The van der Waals surface area contributed by atoms with Gasteiger partial charge in [0.15, 0.2) is 0 Å². The molecule has 1 saturated heterocycles. The Morgan fingerprint density at radius 2 is 2.18 bits per heavy atom. The standard InChI is InChI=1S/C14H21ClN2/c1-10-6-11(2)17(9-10)13-5-4-12(8-16-3)14(15)7-13/h4-5,7,10-11,16H,6,8-9H2,1-3H3. The summed E-state index contributed by atoms with van der Waals surface area (Å²) in [7, 11) is 1.94. The smallest absolute Gasteiger partial charge is 0.0471 e. The summed E-state index contributed by atoms with van der Waals surface area (Å²) >= 11 is 6.30. The van der Waals surface area contributed by atoms with Crippen molar-refractivity contribution in [3.8, 4) is 0 Å². The molecule has 2 nitrogen and oxygen atoms in total. The van der Waals surface area contributed by atoms with Crippen LogP contribution >= 0.6 is 11.6 Å². The van der Waals surface area contributed by atoms with E-state index < -0.39 is 0 Å². The second kappa shape index (κ2) is 5.28. The summed E-state index contributed by atoms with van der Waals surface area (Å²) in [6.07, 6.45) is 1.27. The van der Waals surface area contributed by atoms with Crippen molar-refractivity contribution in [2.24, 2.45) is 5.92 Å². The number of hydrogen-bond acceptors (Lipinski definition) is 2. The summed E-state index contributed by atoms with van der Waals surface area (Å²) in [5.41, 5.74) is 2.42. The van der Waals surface area contributed by atoms with Crippen molar-refractivity contribution in [1.82, 2.24) is 5.32 Å². The number of rotatable bonds is 3. The summed E-state index contributed by atoms with van der Waals surface area (Å²) in [5.74, 6) is 0.778. The topological polar surface area (TPSA) is 15.3 Å². The summed E-state index contributed by atoms with van der Waals surface area (Å²) in [5, 5.41) is 4.00. The van der Waals surface area contributed by atoms with Crippen LogP contribution in [0, 0.1) is 5.92 Å².